The molecule has 2 heterocycles. The summed E-state index contributed by atoms with van der Waals surface area (Å²) in [7, 11) is 0. The minimum atomic E-state index is -0.351. The quantitative estimate of drug-likeness (QED) is 0.807. The lowest BCUT2D eigenvalue weighted by molar-refractivity contribution is 0.102. The van der Waals surface area contributed by atoms with Crippen molar-refractivity contribution in [2.24, 2.45) is 0 Å². The van der Waals surface area contributed by atoms with Gasteiger partial charge in [-0.1, -0.05) is 17.7 Å². The molecule has 1 aromatic carbocycles. The number of halogens is 1. The third-order valence-electron chi connectivity index (χ3n) is 2.95. The summed E-state index contributed by atoms with van der Waals surface area (Å²) in [6.45, 7) is 1.81. The van der Waals surface area contributed by atoms with Crippen LogP contribution in [-0.2, 0) is 0 Å². The summed E-state index contributed by atoms with van der Waals surface area (Å²) >= 11 is 5.98. The SMILES string of the molecule is Cc1cnc(C(=O)Nc2ccnn2-c2cccc(Cl)c2)cn1. The van der Waals surface area contributed by atoms with Crippen LogP contribution in [0, 0.1) is 6.92 Å². The number of rotatable bonds is 3. The molecule has 3 aromatic rings. The molecule has 0 atom stereocenters. The normalized spacial score (nSPS) is 10.5. The number of carbonyl (C=O) groups excluding carboxylic acids is 1. The molecular formula is C15H12ClN5O. The number of amides is 1. The largest absolute Gasteiger partial charge is 0.305 e. The van der Waals surface area contributed by atoms with Crippen LogP contribution in [-0.4, -0.2) is 25.7 Å². The van der Waals surface area contributed by atoms with Crippen molar-refractivity contribution in [3.63, 3.8) is 0 Å². The van der Waals surface area contributed by atoms with Gasteiger partial charge in [-0.3, -0.25) is 9.78 Å². The number of nitrogens with zero attached hydrogens (tertiary/aromatic N) is 4. The van der Waals surface area contributed by atoms with Gasteiger partial charge >= 0.3 is 0 Å². The van der Waals surface area contributed by atoms with Crippen LogP contribution in [0.2, 0.25) is 5.02 Å². The van der Waals surface area contributed by atoms with Gasteiger partial charge in [-0.05, 0) is 25.1 Å². The van der Waals surface area contributed by atoms with Crippen molar-refractivity contribution in [3.05, 3.63) is 65.3 Å². The number of nitrogens with one attached hydrogen (secondary N) is 1. The molecule has 0 saturated heterocycles. The van der Waals surface area contributed by atoms with Crippen LogP contribution in [0.1, 0.15) is 16.2 Å². The highest BCUT2D eigenvalue weighted by atomic mass is 35.5. The van der Waals surface area contributed by atoms with Crippen molar-refractivity contribution in [3.8, 4) is 5.69 Å². The average Bonchev–Trinajstić information content (AvgIpc) is 2.96. The second-order valence-corrected chi connectivity index (χ2v) is 5.04. The van der Waals surface area contributed by atoms with Crippen LogP contribution >= 0.6 is 11.6 Å². The smallest absolute Gasteiger partial charge is 0.277 e. The van der Waals surface area contributed by atoms with Crippen molar-refractivity contribution < 1.29 is 4.79 Å². The predicted octanol–water partition coefficient (Wildman–Crippen LogP) is 2.88. The molecule has 0 bridgehead atoms. The molecular weight excluding hydrogens is 302 g/mol. The van der Waals surface area contributed by atoms with Crippen molar-refractivity contribution >= 4 is 23.3 Å². The molecule has 6 nitrogen and oxygen atoms in total. The zero-order chi connectivity index (χ0) is 15.5. The van der Waals surface area contributed by atoms with Crippen molar-refractivity contribution in [1.29, 1.82) is 0 Å². The van der Waals surface area contributed by atoms with Crippen molar-refractivity contribution in [2.75, 3.05) is 5.32 Å². The zero-order valence-electron chi connectivity index (χ0n) is 11.7. The van der Waals surface area contributed by atoms with Gasteiger partial charge in [0.15, 0.2) is 0 Å². The first-order valence-electron chi connectivity index (χ1n) is 6.53. The molecule has 0 fully saturated rings. The van der Waals surface area contributed by atoms with Crippen LogP contribution in [0.15, 0.2) is 48.9 Å². The Hall–Kier alpha value is -2.73. The number of anilines is 1. The molecule has 110 valence electrons. The molecule has 0 spiro atoms. The lowest BCUT2D eigenvalue weighted by atomic mass is 10.3. The van der Waals surface area contributed by atoms with E-state index in [4.69, 9.17) is 11.6 Å². The second-order valence-electron chi connectivity index (χ2n) is 4.61. The highest BCUT2D eigenvalue weighted by Gasteiger charge is 2.12. The second kappa shape index (κ2) is 5.95. The Balaban J connectivity index is 1.86. The van der Waals surface area contributed by atoms with Gasteiger partial charge in [0.1, 0.15) is 11.5 Å². The van der Waals surface area contributed by atoms with E-state index < -0.39 is 0 Å². The molecule has 0 aliphatic rings. The molecule has 0 aliphatic carbocycles. The monoisotopic (exact) mass is 313 g/mol. The summed E-state index contributed by atoms with van der Waals surface area (Å²) < 4.78 is 1.59. The third kappa shape index (κ3) is 2.96. The lowest BCUT2D eigenvalue weighted by Gasteiger charge is -2.09. The summed E-state index contributed by atoms with van der Waals surface area (Å²) in [6, 6.07) is 8.89. The van der Waals surface area contributed by atoms with Crippen LogP contribution in [0.5, 0.6) is 0 Å². The van der Waals surface area contributed by atoms with Gasteiger partial charge in [0.25, 0.3) is 5.91 Å². The van der Waals surface area contributed by atoms with E-state index in [-0.39, 0.29) is 11.6 Å². The topological polar surface area (TPSA) is 72.7 Å². The van der Waals surface area contributed by atoms with E-state index in [1.807, 2.05) is 19.1 Å². The van der Waals surface area contributed by atoms with E-state index in [9.17, 15) is 4.79 Å². The lowest BCUT2D eigenvalue weighted by Crippen LogP contribution is -2.16. The van der Waals surface area contributed by atoms with Gasteiger partial charge in [-0.25, -0.2) is 9.67 Å². The molecule has 0 unspecified atom stereocenters. The van der Waals surface area contributed by atoms with E-state index in [1.165, 1.54) is 6.20 Å². The van der Waals surface area contributed by atoms with Crippen molar-refractivity contribution in [1.82, 2.24) is 19.7 Å². The fourth-order valence-electron chi connectivity index (χ4n) is 1.90. The van der Waals surface area contributed by atoms with E-state index in [0.717, 1.165) is 11.4 Å². The third-order valence-corrected chi connectivity index (χ3v) is 3.19. The van der Waals surface area contributed by atoms with E-state index in [0.29, 0.717) is 10.8 Å². The Morgan fingerprint density at radius 2 is 2.09 bits per heavy atom. The first-order valence-corrected chi connectivity index (χ1v) is 6.91. The molecule has 0 radical (unpaired) electrons. The van der Waals surface area contributed by atoms with Gasteiger partial charge in [-0.2, -0.15) is 5.10 Å². The fourth-order valence-corrected chi connectivity index (χ4v) is 2.09. The van der Waals surface area contributed by atoms with Crippen molar-refractivity contribution in [2.45, 2.75) is 6.92 Å². The number of benzene rings is 1. The highest BCUT2D eigenvalue weighted by Crippen LogP contribution is 2.18. The first kappa shape index (κ1) is 14.2. The number of hydrogen-bond acceptors (Lipinski definition) is 4. The Bertz CT molecular complexity index is 813. The molecule has 22 heavy (non-hydrogen) atoms. The Morgan fingerprint density at radius 1 is 1.23 bits per heavy atom. The first-order chi connectivity index (χ1) is 10.6. The zero-order valence-corrected chi connectivity index (χ0v) is 12.4. The highest BCUT2D eigenvalue weighted by molar-refractivity contribution is 6.30. The van der Waals surface area contributed by atoms with Crippen LogP contribution in [0.25, 0.3) is 5.69 Å². The molecule has 0 aliphatic heterocycles. The number of carbonyl (C=O) groups is 1. The summed E-state index contributed by atoms with van der Waals surface area (Å²) in [5.41, 5.74) is 1.74. The van der Waals surface area contributed by atoms with Crippen LogP contribution in [0.4, 0.5) is 5.82 Å². The molecule has 7 heteroatoms. The molecule has 1 amide bonds. The number of aromatic nitrogens is 4. The molecule has 1 N–H and O–H groups in total. The van der Waals surface area contributed by atoms with Gasteiger partial charge in [0, 0.05) is 17.3 Å². The van der Waals surface area contributed by atoms with E-state index in [1.54, 1.807) is 35.3 Å². The molecule has 3 rings (SSSR count). The minimum Gasteiger partial charge on any atom is -0.305 e. The predicted molar refractivity (Wildman–Crippen MR) is 83.3 cm³/mol. The Morgan fingerprint density at radius 3 is 2.82 bits per heavy atom. The Labute approximate surface area is 131 Å². The maximum atomic E-state index is 12.2. The summed E-state index contributed by atoms with van der Waals surface area (Å²) in [6.07, 6.45) is 4.57. The van der Waals surface area contributed by atoms with Gasteiger partial charge < -0.3 is 5.32 Å². The summed E-state index contributed by atoms with van der Waals surface area (Å²) in [4.78, 5) is 20.3. The van der Waals surface area contributed by atoms with Gasteiger partial charge in [0.2, 0.25) is 0 Å². The summed E-state index contributed by atoms with van der Waals surface area (Å²) in [5, 5.41) is 7.55. The van der Waals surface area contributed by atoms with Crippen LogP contribution < -0.4 is 5.32 Å². The standard InChI is InChI=1S/C15H12ClN5O/c1-10-8-18-13(9-17-10)15(22)20-14-5-6-19-21(14)12-4-2-3-11(16)7-12/h2-9H,1H3,(H,20,22). The average molecular weight is 314 g/mol. The molecule has 2 aromatic heterocycles. The Kier molecular flexibility index (Phi) is 3.84. The van der Waals surface area contributed by atoms with Gasteiger partial charge in [0.05, 0.1) is 23.8 Å². The fraction of sp³-hybridized carbons (Fsp3) is 0.0667. The van der Waals surface area contributed by atoms with E-state index in [2.05, 4.69) is 20.4 Å². The maximum Gasteiger partial charge on any atom is 0.277 e. The summed E-state index contributed by atoms with van der Waals surface area (Å²) in [5.74, 6) is 0.172. The minimum absolute atomic E-state index is 0.240. The maximum absolute atomic E-state index is 12.2. The van der Waals surface area contributed by atoms with E-state index >= 15 is 0 Å². The van der Waals surface area contributed by atoms with Crippen LogP contribution in [0.3, 0.4) is 0 Å². The van der Waals surface area contributed by atoms with Gasteiger partial charge in [-0.15, -0.1) is 0 Å². The molecule has 0 saturated carbocycles. The number of hydrogen-bond donors (Lipinski definition) is 1. The number of aryl methyl sites for hydroxylation is 1.